The lowest BCUT2D eigenvalue weighted by Gasteiger charge is -2.71. The number of hydrogen-bond donors (Lipinski definition) is 2. The van der Waals surface area contributed by atoms with E-state index in [1.807, 2.05) is 18.2 Å². The minimum absolute atomic E-state index is 0.00733. The van der Waals surface area contributed by atoms with Crippen molar-refractivity contribution in [3.8, 4) is 0 Å². The van der Waals surface area contributed by atoms with Crippen molar-refractivity contribution >= 4 is 11.9 Å². The fourth-order valence-electron chi connectivity index (χ4n) is 25.0. The number of fused-ring (bicyclic) bond motifs is 6. The molecule has 2 aliphatic heterocycles. The zero-order valence-electron chi connectivity index (χ0n) is 61.8. The third kappa shape index (κ3) is 10.9. The fraction of sp³-hybridized carbons (Fsp3) is 0.854. The van der Waals surface area contributed by atoms with Crippen LogP contribution in [0.1, 0.15) is 254 Å². The van der Waals surface area contributed by atoms with E-state index in [9.17, 15) is 14.7 Å². The molecular formula is C82H133NO8. The Morgan fingerprint density at radius 3 is 1.44 bits per heavy atom. The molecule has 0 spiro atoms. The number of carboxylic acid groups (broad SMARTS) is 1. The molecule has 10 aliphatic rings. The number of esters is 1. The van der Waals surface area contributed by atoms with Crippen LogP contribution in [-0.2, 0) is 39.9 Å². The third-order valence-electron chi connectivity index (χ3n) is 32.2. The molecule has 8 aliphatic carbocycles. The average molecular weight is 1260 g/mol. The van der Waals surface area contributed by atoms with Crippen molar-refractivity contribution in [1.29, 1.82) is 0 Å². The van der Waals surface area contributed by atoms with Crippen LogP contribution >= 0.6 is 0 Å². The summed E-state index contributed by atoms with van der Waals surface area (Å²) < 4.78 is 33.6. The summed E-state index contributed by atoms with van der Waals surface area (Å²) in [6.45, 7) is 54.7. The molecule has 1 aromatic rings. The van der Waals surface area contributed by atoms with Gasteiger partial charge in [-0.2, -0.15) is 0 Å². The lowest BCUT2D eigenvalue weighted by Crippen LogP contribution is -2.69. The average Bonchev–Trinajstić information content (AvgIpc) is 0.747. The van der Waals surface area contributed by atoms with Crippen molar-refractivity contribution in [3.05, 3.63) is 59.2 Å². The molecule has 91 heavy (non-hydrogen) atoms. The summed E-state index contributed by atoms with van der Waals surface area (Å²) in [5.74, 6) is 3.52. The first-order valence-corrected chi connectivity index (χ1v) is 37.6. The van der Waals surface area contributed by atoms with E-state index in [0.29, 0.717) is 72.4 Å². The molecule has 6 saturated carbocycles. The lowest BCUT2D eigenvalue weighted by molar-refractivity contribution is -0.254. The van der Waals surface area contributed by atoms with Crippen LogP contribution in [0.3, 0.4) is 0 Å². The Kier molecular flexibility index (Phi) is 19.6. The topological polar surface area (TPSA) is 127 Å². The first-order valence-electron chi connectivity index (χ1n) is 37.6. The fourth-order valence-corrected chi connectivity index (χ4v) is 25.0. The van der Waals surface area contributed by atoms with Gasteiger partial charge in [-0.25, -0.2) is 0 Å². The molecule has 3 N–H and O–H groups in total. The SMILES string of the molecule is CCC(C)(CC)CO[C@H]1[C@H](C)C[C@@]23COC[C@]1(C)[C@@H]2CC[C@H]1C3=CC[C@@]2(C)[C@H](C(=O)OCc3ccccc3)[C@@](C)([C@H](C)C(C)C)CC[C@]12C.CCC(N)(CC)CO[C@H]1[C@H](C)C[C@@]23COC[C@]1(C)[C@@H]2CC[C@H]1C3=CC[C@@]2(C)[C@H](C(=O)O)[C@@](C)([C@H](C)C(C)C)CC[C@]12C. The maximum Gasteiger partial charge on any atom is 0.310 e. The highest BCUT2D eigenvalue weighted by Crippen LogP contribution is 2.78. The molecule has 9 heteroatoms. The second-order valence-electron chi connectivity index (χ2n) is 36.9. The van der Waals surface area contributed by atoms with E-state index in [1.165, 1.54) is 19.3 Å². The van der Waals surface area contributed by atoms with Crippen LogP contribution < -0.4 is 5.73 Å². The molecule has 22 atom stereocenters. The van der Waals surface area contributed by atoms with Gasteiger partial charge in [0.1, 0.15) is 6.61 Å². The second-order valence-corrected chi connectivity index (χ2v) is 36.9. The lowest BCUT2D eigenvalue weighted by atomic mass is 9.34. The molecular weight excluding hydrogens is 1130 g/mol. The highest BCUT2D eigenvalue weighted by Gasteiger charge is 2.74. The first kappa shape index (κ1) is 71.2. The Morgan fingerprint density at radius 1 is 0.593 bits per heavy atom. The van der Waals surface area contributed by atoms with Gasteiger partial charge >= 0.3 is 11.9 Å². The van der Waals surface area contributed by atoms with Crippen molar-refractivity contribution in [2.45, 2.75) is 272 Å². The monoisotopic (exact) mass is 1260 g/mol. The largest absolute Gasteiger partial charge is 0.481 e. The predicted molar refractivity (Wildman–Crippen MR) is 370 cm³/mol. The van der Waals surface area contributed by atoms with Gasteiger partial charge in [-0.05, 0) is 205 Å². The van der Waals surface area contributed by atoms with Crippen molar-refractivity contribution in [3.63, 3.8) is 0 Å². The number of carbonyl (C=O) groups is 2. The molecule has 9 nitrogen and oxygen atoms in total. The van der Waals surface area contributed by atoms with E-state index in [-0.39, 0.29) is 95.1 Å². The quantitative estimate of drug-likeness (QED) is 0.109. The Hall–Kier alpha value is -2.56. The highest BCUT2D eigenvalue weighted by atomic mass is 16.5. The summed E-state index contributed by atoms with van der Waals surface area (Å²) >= 11 is 0. The number of carboxylic acids is 1. The molecule has 2 saturated heterocycles. The Bertz CT molecular complexity index is 2840. The van der Waals surface area contributed by atoms with Crippen LogP contribution in [0.2, 0.25) is 0 Å². The second kappa shape index (κ2) is 25.1. The van der Waals surface area contributed by atoms with Gasteiger partial charge in [0.2, 0.25) is 0 Å². The van der Waals surface area contributed by atoms with Crippen molar-refractivity contribution in [1.82, 2.24) is 0 Å². The number of hydrogen-bond acceptors (Lipinski definition) is 8. The number of aliphatic carboxylic acids is 1. The Morgan fingerprint density at radius 2 is 1.02 bits per heavy atom. The Labute approximate surface area is 555 Å². The molecule has 0 amide bonds. The normalized spacial score (nSPS) is 44.8. The van der Waals surface area contributed by atoms with Gasteiger partial charge in [-0.15, -0.1) is 0 Å². The standard InChI is InChI=1S/C45H70O4.C37H63NO4/c1-12-40(7,13-2)27-49-38-31(5)25-45-29-47-28-42(38,9)36(45)20-19-34-35(45)21-22-44(11)37(39(46)48-26-33-17-15-14-16-18-33)41(8,32(6)30(3)4)23-24-43(34,44)10;1-11-36(38,12-2)21-42-30-24(5)19-37-22-41-20-33(30,8)28(37)14-13-26-27(37)15-16-35(10)29(31(39)40)32(7,25(6)23(3)4)17-18-34(26,35)9/h14-18,21,30-32,34,36-38H,12-13,19-20,22-29H2,1-11H3;15,23-26,28-30H,11-14,16-22,38H2,1-10H3,(H,39,40)/t31-,32-,34+,36+,37-,38+,41-,42-,43-,44+,45+;24-,25-,26+,28+,29-,30+,32-,33-,34-,35+,37+/m11/s1. The van der Waals surface area contributed by atoms with Gasteiger partial charge in [-0.3, -0.25) is 9.59 Å². The molecule has 0 unspecified atom stereocenters. The van der Waals surface area contributed by atoms with E-state index < -0.39 is 5.97 Å². The smallest absolute Gasteiger partial charge is 0.310 e. The van der Waals surface area contributed by atoms with Gasteiger partial charge in [0, 0.05) is 27.2 Å². The zero-order chi connectivity index (χ0) is 66.7. The summed E-state index contributed by atoms with van der Waals surface area (Å²) in [6, 6.07) is 10.2. The van der Waals surface area contributed by atoms with Crippen LogP contribution in [0.25, 0.3) is 0 Å². The molecule has 514 valence electrons. The number of benzene rings is 1. The van der Waals surface area contributed by atoms with Crippen molar-refractivity contribution in [2.24, 2.45) is 136 Å². The molecule has 4 bridgehead atoms. The number of rotatable bonds is 18. The minimum Gasteiger partial charge on any atom is -0.481 e. The number of carbonyl (C=O) groups excluding carboxylic acids is 1. The molecule has 0 radical (unpaired) electrons. The number of ether oxygens (including phenoxy) is 5. The van der Waals surface area contributed by atoms with E-state index in [1.54, 1.807) is 11.1 Å². The third-order valence-corrected chi connectivity index (χ3v) is 32.2. The van der Waals surface area contributed by atoms with Crippen molar-refractivity contribution < 1.29 is 38.4 Å². The summed E-state index contributed by atoms with van der Waals surface area (Å²) in [6.07, 6.45) is 22.8. The zero-order valence-corrected chi connectivity index (χ0v) is 61.8. The van der Waals surface area contributed by atoms with Crippen LogP contribution in [-0.4, -0.2) is 74.4 Å². The van der Waals surface area contributed by atoms with Crippen molar-refractivity contribution in [2.75, 3.05) is 39.6 Å². The van der Waals surface area contributed by atoms with Gasteiger partial charge in [0.05, 0.1) is 63.7 Å². The maximum absolute atomic E-state index is 14.7. The summed E-state index contributed by atoms with van der Waals surface area (Å²) in [5, 5.41) is 10.9. The summed E-state index contributed by atoms with van der Waals surface area (Å²) in [4.78, 5) is 28.0. The van der Waals surface area contributed by atoms with Crippen LogP contribution in [0.15, 0.2) is 53.6 Å². The molecule has 0 aromatic heterocycles. The van der Waals surface area contributed by atoms with Crippen LogP contribution in [0.4, 0.5) is 0 Å². The van der Waals surface area contributed by atoms with Crippen LogP contribution in [0.5, 0.6) is 0 Å². The number of allylic oxidation sites excluding steroid dienone is 2. The summed E-state index contributed by atoms with van der Waals surface area (Å²) in [7, 11) is 0. The van der Waals surface area contributed by atoms with E-state index in [4.69, 9.17) is 29.4 Å². The highest BCUT2D eigenvalue weighted by molar-refractivity contribution is 5.75. The van der Waals surface area contributed by atoms with Gasteiger partial charge < -0.3 is 34.5 Å². The molecule has 8 fully saturated rings. The molecule has 2 heterocycles. The molecule has 1 aromatic carbocycles. The van der Waals surface area contributed by atoms with E-state index >= 15 is 0 Å². The van der Waals surface area contributed by atoms with Gasteiger partial charge in [0.25, 0.3) is 0 Å². The van der Waals surface area contributed by atoms with E-state index in [0.717, 1.165) is 122 Å². The molecule has 11 rings (SSSR count). The van der Waals surface area contributed by atoms with Gasteiger partial charge in [-0.1, -0.05) is 199 Å². The first-order chi connectivity index (χ1) is 42.5. The Balaban J connectivity index is 0.000000202. The minimum atomic E-state index is -0.586. The van der Waals surface area contributed by atoms with Crippen LogP contribution in [0, 0.1) is 131 Å². The number of nitrogens with two attached hydrogens (primary N) is 1. The van der Waals surface area contributed by atoms with E-state index in [2.05, 4.69) is 170 Å². The van der Waals surface area contributed by atoms with Gasteiger partial charge in [0.15, 0.2) is 0 Å². The predicted octanol–water partition coefficient (Wildman–Crippen LogP) is 19.2. The summed E-state index contributed by atoms with van der Waals surface area (Å²) in [5.41, 5.74) is 10.3. The maximum atomic E-state index is 14.7.